The van der Waals surface area contributed by atoms with Gasteiger partial charge in [0.1, 0.15) is 11.9 Å². The van der Waals surface area contributed by atoms with Crippen LogP contribution >= 0.6 is 11.5 Å². The predicted octanol–water partition coefficient (Wildman–Crippen LogP) is 4.12. The lowest BCUT2D eigenvalue weighted by atomic mass is 10.0. The number of benzene rings is 2. The average molecular weight is 425 g/mol. The first-order chi connectivity index (χ1) is 14.6. The zero-order chi connectivity index (χ0) is 20.9. The average Bonchev–Trinajstić information content (AvgIpc) is 3.47. The van der Waals surface area contributed by atoms with Crippen molar-refractivity contribution in [3.05, 3.63) is 77.1 Å². The second kappa shape index (κ2) is 9.13. The van der Waals surface area contributed by atoms with Crippen molar-refractivity contribution >= 4 is 29.0 Å². The Morgan fingerprint density at radius 2 is 1.77 bits per heavy atom. The maximum atomic E-state index is 14.8. The van der Waals surface area contributed by atoms with Crippen molar-refractivity contribution in [2.75, 3.05) is 4.90 Å². The summed E-state index contributed by atoms with van der Waals surface area (Å²) in [6.45, 7) is 0. The molecule has 1 atom stereocenters. The molecule has 0 bridgehead atoms. The van der Waals surface area contributed by atoms with Gasteiger partial charge in [-0.15, -0.1) is 5.10 Å². The summed E-state index contributed by atoms with van der Waals surface area (Å²) >= 11 is 1.02. The number of amides is 2. The molecule has 8 heteroatoms. The van der Waals surface area contributed by atoms with Crippen molar-refractivity contribution < 1.29 is 14.0 Å². The number of hydrogen-bond acceptors (Lipinski definition) is 5. The van der Waals surface area contributed by atoms with Gasteiger partial charge in [-0.2, -0.15) is 0 Å². The molecule has 0 saturated heterocycles. The molecule has 1 aliphatic rings. The summed E-state index contributed by atoms with van der Waals surface area (Å²) in [4.78, 5) is 28.0. The molecule has 1 saturated carbocycles. The van der Waals surface area contributed by atoms with Crippen molar-refractivity contribution in [1.82, 2.24) is 14.9 Å². The van der Waals surface area contributed by atoms with Crippen molar-refractivity contribution in [3.8, 4) is 0 Å². The van der Waals surface area contributed by atoms with Crippen LogP contribution in [0.2, 0.25) is 0 Å². The van der Waals surface area contributed by atoms with Crippen LogP contribution < -0.4 is 10.2 Å². The molecule has 30 heavy (non-hydrogen) atoms. The second-order valence-corrected chi connectivity index (χ2v) is 7.83. The molecule has 3 aromatic rings. The number of rotatable bonds is 6. The van der Waals surface area contributed by atoms with E-state index in [2.05, 4.69) is 14.9 Å². The molecule has 1 fully saturated rings. The van der Waals surface area contributed by atoms with Crippen molar-refractivity contribution in [2.24, 2.45) is 0 Å². The van der Waals surface area contributed by atoms with E-state index in [0.29, 0.717) is 5.56 Å². The van der Waals surface area contributed by atoms with Crippen molar-refractivity contribution in [1.29, 1.82) is 0 Å². The molecule has 6 nitrogen and oxygen atoms in total. The highest BCUT2D eigenvalue weighted by molar-refractivity contribution is 7.03. The van der Waals surface area contributed by atoms with E-state index in [1.807, 2.05) is 6.07 Å². The normalized spacial score (nSPS) is 15.0. The van der Waals surface area contributed by atoms with E-state index in [0.717, 1.165) is 37.2 Å². The van der Waals surface area contributed by atoms with Gasteiger partial charge in [-0.05, 0) is 42.1 Å². The van der Waals surface area contributed by atoms with Crippen LogP contribution in [0.15, 0.2) is 60.0 Å². The summed E-state index contributed by atoms with van der Waals surface area (Å²) in [6, 6.07) is 13.9. The minimum absolute atomic E-state index is 0.0194. The Labute approximate surface area is 177 Å². The Hall–Kier alpha value is -3.13. The van der Waals surface area contributed by atoms with Crippen LogP contribution in [0.5, 0.6) is 0 Å². The topological polar surface area (TPSA) is 75.2 Å². The summed E-state index contributed by atoms with van der Waals surface area (Å²) in [5, 5.41) is 8.41. The molecule has 2 amide bonds. The lowest BCUT2D eigenvalue weighted by Gasteiger charge is -2.32. The number of para-hydroxylation sites is 1. The smallest absolute Gasteiger partial charge is 0.280 e. The fourth-order valence-electron chi connectivity index (χ4n) is 3.80. The first-order valence-corrected chi connectivity index (χ1v) is 10.7. The van der Waals surface area contributed by atoms with Gasteiger partial charge in [-0.3, -0.25) is 14.5 Å². The van der Waals surface area contributed by atoms with Crippen molar-refractivity contribution in [3.63, 3.8) is 0 Å². The van der Waals surface area contributed by atoms with Gasteiger partial charge >= 0.3 is 0 Å². The fraction of sp³-hybridized carbons (Fsp3) is 0.273. The SMILES string of the molecule is O=C(NC1CCCC1)[C@@H](c1ccccc1)N(C(=O)c1csnn1)c1ccccc1F. The number of nitrogens with one attached hydrogen (secondary N) is 1. The predicted molar refractivity (Wildman–Crippen MR) is 113 cm³/mol. The molecule has 1 aliphatic carbocycles. The maximum Gasteiger partial charge on any atom is 0.280 e. The number of carbonyl (C=O) groups excluding carboxylic acids is 2. The molecule has 1 N–H and O–H groups in total. The van der Waals surface area contributed by atoms with Gasteiger partial charge in [0.05, 0.1) is 5.69 Å². The minimum Gasteiger partial charge on any atom is -0.351 e. The van der Waals surface area contributed by atoms with Crippen LogP contribution in [0.1, 0.15) is 47.8 Å². The van der Waals surface area contributed by atoms with Crippen LogP contribution in [-0.2, 0) is 4.79 Å². The molecule has 1 aromatic heterocycles. The third-order valence-electron chi connectivity index (χ3n) is 5.23. The second-order valence-electron chi connectivity index (χ2n) is 7.22. The van der Waals surface area contributed by atoms with Gasteiger partial charge in [0.15, 0.2) is 5.69 Å². The number of aromatic nitrogens is 2. The van der Waals surface area contributed by atoms with E-state index in [4.69, 9.17) is 0 Å². The lowest BCUT2D eigenvalue weighted by Crippen LogP contribution is -2.46. The standard InChI is InChI=1S/C22H21FN4O2S/c23-17-12-6-7-13-19(17)27(22(29)18-14-30-26-25-18)20(15-8-2-1-3-9-15)21(28)24-16-10-4-5-11-16/h1-3,6-9,12-14,16,20H,4-5,10-11H2,(H,24,28)/t20-/m1/s1. The van der Waals surface area contributed by atoms with E-state index in [1.54, 1.807) is 36.4 Å². The van der Waals surface area contributed by atoms with Crippen LogP contribution in [0.25, 0.3) is 0 Å². The van der Waals surface area contributed by atoms with Crippen LogP contribution in [0.4, 0.5) is 10.1 Å². The number of hydrogen-bond donors (Lipinski definition) is 1. The molecule has 1 heterocycles. The van der Waals surface area contributed by atoms with E-state index in [-0.39, 0.29) is 23.3 Å². The lowest BCUT2D eigenvalue weighted by molar-refractivity contribution is -0.123. The largest absolute Gasteiger partial charge is 0.351 e. The van der Waals surface area contributed by atoms with E-state index in [9.17, 15) is 14.0 Å². The Morgan fingerprint density at radius 3 is 2.43 bits per heavy atom. The van der Waals surface area contributed by atoms with Gasteiger partial charge < -0.3 is 5.32 Å². The highest BCUT2D eigenvalue weighted by Crippen LogP contribution is 2.32. The molecule has 2 aromatic carbocycles. The first kappa shape index (κ1) is 20.2. The summed E-state index contributed by atoms with van der Waals surface area (Å²) in [6.07, 6.45) is 3.91. The molecule has 0 radical (unpaired) electrons. The number of anilines is 1. The minimum atomic E-state index is -1.04. The monoisotopic (exact) mass is 424 g/mol. The summed E-state index contributed by atoms with van der Waals surface area (Å²) in [7, 11) is 0. The van der Waals surface area contributed by atoms with Gasteiger partial charge in [0.2, 0.25) is 5.91 Å². The zero-order valence-corrected chi connectivity index (χ0v) is 17.0. The molecule has 0 aliphatic heterocycles. The van der Waals surface area contributed by atoms with E-state index >= 15 is 0 Å². The van der Waals surface area contributed by atoms with Gasteiger partial charge in [-0.25, -0.2) is 4.39 Å². The van der Waals surface area contributed by atoms with Gasteiger partial charge in [-0.1, -0.05) is 59.8 Å². The first-order valence-electron chi connectivity index (χ1n) is 9.85. The quantitative estimate of drug-likeness (QED) is 0.646. The Bertz CT molecular complexity index is 1010. The summed E-state index contributed by atoms with van der Waals surface area (Å²) in [5.41, 5.74) is 0.677. The van der Waals surface area contributed by atoms with E-state index < -0.39 is 17.8 Å². The number of nitrogens with zero attached hydrogens (tertiary/aromatic N) is 3. The molecule has 0 unspecified atom stereocenters. The maximum absolute atomic E-state index is 14.8. The Morgan fingerprint density at radius 1 is 1.07 bits per heavy atom. The molecular formula is C22H21FN4O2S. The molecule has 154 valence electrons. The third kappa shape index (κ3) is 4.23. The number of carbonyl (C=O) groups is 2. The summed E-state index contributed by atoms with van der Waals surface area (Å²) < 4.78 is 18.6. The van der Waals surface area contributed by atoms with Crippen LogP contribution in [0.3, 0.4) is 0 Å². The molecule has 4 rings (SSSR count). The Balaban J connectivity index is 1.80. The number of halogens is 1. The zero-order valence-electron chi connectivity index (χ0n) is 16.2. The Kier molecular flexibility index (Phi) is 6.13. The van der Waals surface area contributed by atoms with Gasteiger partial charge in [0, 0.05) is 11.4 Å². The highest BCUT2D eigenvalue weighted by atomic mass is 32.1. The summed E-state index contributed by atoms with van der Waals surface area (Å²) in [5.74, 6) is -1.51. The van der Waals surface area contributed by atoms with Crippen molar-refractivity contribution in [2.45, 2.75) is 37.8 Å². The highest BCUT2D eigenvalue weighted by Gasteiger charge is 2.36. The van der Waals surface area contributed by atoms with Crippen LogP contribution in [-0.4, -0.2) is 27.4 Å². The van der Waals surface area contributed by atoms with E-state index in [1.165, 1.54) is 22.4 Å². The van der Waals surface area contributed by atoms with Gasteiger partial charge in [0.25, 0.3) is 5.91 Å². The fourth-order valence-corrected chi connectivity index (χ4v) is 4.23. The molecule has 0 spiro atoms. The van der Waals surface area contributed by atoms with Crippen LogP contribution in [0, 0.1) is 5.82 Å². The third-order valence-corrected chi connectivity index (χ3v) is 5.74. The molecular weight excluding hydrogens is 403 g/mol.